The summed E-state index contributed by atoms with van der Waals surface area (Å²) < 4.78 is 5.96. The highest BCUT2D eigenvalue weighted by Crippen LogP contribution is 2.40. The molecule has 4 unspecified atom stereocenters. The van der Waals surface area contributed by atoms with Crippen molar-refractivity contribution in [3.05, 3.63) is 94.8 Å². The van der Waals surface area contributed by atoms with E-state index in [-0.39, 0.29) is 0 Å². The molecule has 2 aliphatic rings. The predicted octanol–water partition coefficient (Wildman–Crippen LogP) is 12.8. The lowest BCUT2D eigenvalue weighted by molar-refractivity contribution is 0.217. The van der Waals surface area contributed by atoms with Crippen LogP contribution < -0.4 is 0 Å². The Hall–Kier alpha value is -2.28. The summed E-state index contributed by atoms with van der Waals surface area (Å²) in [5.41, 5.74) is 8.85. The van der Waals surface area contributed by atoms with E-state index >= 15 is 0 Å². The van der Waals surface area contributed by atoms with Gasteiger partial charge in [0.25, 0.3) is 0 Å². The van der Waals surface area contributed by atoms with E-state index in [9.17, 15) is 0 Å². The molecule has 0 fully saturated rings. The molecule has 0 saturated heterocycles. The number of ether oxygens (including phenoxy) is 1. The monoisotopic (exact) mass is 599 g/mol. The first-order chi connectivity index (χ1) is 21.3. The molecule has 44 heavy (non-hydrogen) atoms. The summed E-state index contributed by atoms with van der Waals surface area (Å²) in [4.78, 5) is 0. The molecule has 4 atom stereocenters. The van der Waals surface area contributed by atoms with E-state index in [1.165, 1.54) is 89.0 Å². The molecule has 1 heteroatoms. The Bertz CT molecular complexity index is 1130. The van der Waals surface area contributed by atoms with Crippen molar-refractivity contribution in [2.75, 3.05) is 6.61 Å². The van der Waals surface area contributed by atoms with Crippen LogP contribution in [0.2, 0.25) is 0 Å². The average molecular weight is 599 g/mol. The topological polar surface area (TPSA) is 9.23 Å². The van der Waals surface area contributed by atoms with Crippen molar-refractivity contribution in [2.24, 2.45) is 23.7 Å². The fourth-order valence-corrected chi connectivity index (χ4v) is 7.43. The van der Waals surface area contributed by atoms with Gasteiger partial charge in [-0.05, 0) is 122 Å². The normalized spacial score (nSPS) is 21.5. The maximum atomic E-state index is 5.96. The zero-order chi connectivity index (χ0) is 31.9. The second kappa shape index (κ2) is 19.3. The number of benzene rings is 1. The number of rotatable bonds is 20. The Morgan fingerprint density at radius 3 is 2.16 bits per heavy atom. The third-order valence-electron chi connectivity index (χ3n) is 10.7. The standard InChI is InChI=1S/C43H66O/c1-9-14-15-19-39-30-41(43-27-26-38(29-36(43)13-5)37-24-22-35(12-4)23-25-37)31-40(20-17-28-44-33(8)32(6)7)42(39)21-16-18-34(10-2)11-3/h22,24,26-27,29-31,34-37,43H,6,8-21,23,25,28H2,1-5,7H3. The Labute approximate surface area is 273 Å². The minimum Gasteiger partial charge on any atom is -0.494 e. The molecule has 0 amide bonds. The largest absolute Gasteiger partial charge is 0.494 e. The van der Waals surface area contributed by atoms with Crippen LogP contribution in [0, 0.1) is 23.7 Å². The lowest BCUT2D eigenvalue weighted by atomic mass is 9.74. The van der Waals surface area contributed by atoms with Crippen molar-refractivity contribution >= 4 is 0 Å². The van der Waals surface area contributed by atoms with Gasteiger partial charge in [-0.15, -0.1) is 0 Å². The van der Waals surface area contributed by atoms with E-state index in [1.807, 2.05) is 6.92 Å². The van der Waals surface area contributed by atoms with Crippen molar-refractivity contribution in [1.29, 1.82) is 0 Å². The molecule has 0 bridgehead atoms. The first-order valence-electron chi connectivity index (χ1n) is 18.5. The van der Waals surface area contributed by atoms with Gasteiger partial charge in [0.1, 0.15) is 5.76 Å². The Morgan fingerprint density at radius 2 is 1.57 bits per heavy atom. The molecule has 2 aliphatic carbocycles. The van der Waals surface area contributed by atoms with Crippen molar-refractivity contribution in [3.8, 4) is 0 Å². The van der Waals surface area contributed by atoms with Gasteiger partial charge in [-0.25, -0.2) is 0 Å². The number of allylic oxidation sites excluding steroid dienone is 7. The first kappa shape index (κ1) is 36.2. The number of aryl methyl sites for hydroxylation is 2. The van der Waals surface area contributed by atoms with Gasteiger partial charge >= 0.3 is 0 Å². The number of hydrogen-bond donors (Lipinski definition) is 0. The number of unbranched alkanes of at least 4 members (excludes halogenated alkanes) is 2. The fraction of sp³-hybridized carbons (Fsp3) is 0.628. The van der Waals surface area contributed by atoms with E-state index < -0.39 is 0 Å². The van der Waals surface area contributed by atoms with Crippen LogP contribution in [0.15, 0.2) is 72.6 Å². The van der Waals surface area contributed by atoms with Crippen LogP contribution in [0.5, 0.6) is 0 Å². The molecule has 0 aliphatic heterocycles. The first-order valence-corrected chi connectivity index (χ1v) is 18.5. The molecule has 0 aromatic heterocycles. The molecular formula is C43H66O. The summed E-state index contributed by atoms with van der Waals surface area (Å²) in [7, 11) is 0. The van der Waals surface area contributed by atoms with Gasteiger partial charge in [0, 0.05) is 11.8 Å². The SMILES string of the molecule is C=C(C)C(=C)OCCCc1cc(C2C=CC(C3C=CC(CC)CC3)=CC2CC)cc(CCCCC)c1CCCC(CC)CC. The highest BCUT2D eigenvalue weighted by molar-refractivity contribution is 5.45. The second-order valence-electron chi connectivity index (χ2n) is 13.9. The average Bonchev–Trinajstić information content (AvgIpc) is 3.05. The Morgan fingerprint density at radius 1 is 0.841 bits per heavy atom. The summed E-state index contributed by atoms with van der Waals surface area (Å²) >= 11 is 0. The van der Waals surface area contributed by atoms with Crippen LogP contribution in [-0.2, 0) is 24.0 Å². The summed E-state index contributed by atoms with van der Waals surface area (Å²) in [5.74, 6) is 3.97. The van der Waals surface area contributed by atoms with Crippen molar-refractivity contribution < 1.29 is 4.74 Å². The van der Waals surface area contributed by atoms with Crippen LogP contribution in [-0.4, -0.2) is 6.61 Å². The lowest BCUT2D eigenvalue weighted by Gasteiger charge is -2.31. The highest BCUT2D eigenvalue weighted by Gasteiger charge is 2.26. The highest BCUT2D eigenvalue weighted by atomic mass is 16.5. The molecule has 1 aromatic rings. The second-order valence-corrected chi connectivity index (χ2v) is 13.9. The van der Waals surface area contributed by atoms with Crippen molar-refractivity contribution in [1.82, 2.24) is 0 Å². The van der Waals surface area contributed by atoms with Gasteiger partial charge < -0.3 is 4.74 Å². The molecule has 0 heterocycles. The Kier molecular flexibility index (Phi) is 15.9. The quantitative estimate of drug-likeness (QED) is 0.0628. The van der Waals surface area contributed by atoms with Gasteiger partial charge in [0.2, 0.25) is 0 Å². The maximum absolute atomic E-state index is 5.96. The summed E-state index contributed by atoms with van der Waals surface area (Å²) in [6.07, 6.45) is 31.3. The molecule has 244 valence electrons. The fourth-order valence-electron chi connectivity index (χ4n) is 7.43. The van der Waals surface area contributed by atoms with Crippen LogP contribution >= 0.6 is 0 Å². The van der Waals surface area contributed by atoms with E-state index in [4.69, 9.17) is 4.74 Å². The van der Waals surface area contributed by atoms with E-state index in [2.05, 4.69) is 90.3 Å². The van der Waals surface area contributed by atoms with E-state index in [0.717, 1.165) is 36.0 Å². The number of hydrogen-bond acceptors (Lipinski definition) is 1. The van der Waals surface area contributed by atoms with Crippen molar-refractivity contribution in [3.63, 3.8) is 0 Å². The molecule has 0 spiro atoms. The maximum Gasteiger partial charge on any atom is 0.114 e. The molecule has 1 aromatic carbocycles. The van der Waals surface area contributed by atoms with Gasteiger partial charge in [-0.2, -0.15) is 0 Å². The molecule has 1 nitrogen and oxygen atoms in total. The van der Waals surface area contributed by atoms with Crippen LogP contribution in [0.4, 0.5) is 0 Å². The van der Waals surface area contributed by atoms with Crippen LogP contribution in [0.3, 0.4) is 0 Å². The molecular weight excluding hydrogens is 532 g/mol. The lowest BCUT2D eigenvalue weighted by Crippen LogP contribution is -2.17. The molecule has 0 saturated carbocycles. The van der Waals surface area contributed by atoms with Gasteiger partial charge in [0.05, 0.1) is 6.61 Å². The summed E-state index contributed by atoms with van der Waals surface area (Å²) in [6, 6.07) is 5.24. The van der Waals surface area contributed by atoms with E-state index in [1.54, 1.807) is 22.3 Å². The van der Waals surface area contributed by atoms with E-state index in [0.29, 0.717) is 24.4 Å². The summed E-state index contributed by atoms with van der Waals surface area (Å²) in [6.45, 7) is 22.5. The zero-order valence-electron chi connectivity index (χ0n) is 29.6. The van der Waals surface area contributed by atoms with Crippen molar-refractivity contribution in [2.45, 2.75) is 144 Å². The molecule has 0 N–H and O–H groups in total. The van der Waals surface area contributed by atoms with Gasteiger partial charge in [-0.1, -0.05) is 122 Å². The van der Waals surface area contributed by atoms with Gasteiger partial charge in [0.15, 0.2) is 0 Å². The summed E-state index contributed by atoms with van der Waals surface area (Å²) in [5, 5.41) is 0. The minimum atomic E-state index is 0.460. The zero-order valence-corrected chi connectivity index (χ0v) is 29.6. The third-order valence-corrected chi connectivity index (χ3v) is 10.7. The van der Waals surface area contributed by atoms with Crippen LogP contribution in [0.1, 0.15) is 147 Å². The van der Waals surface area contributed by atoms with Crippen LogP contribution in [0.25, 0.3) is 0 Å². The molecule has 3 rings (SSSR count). The minimum absolute atomic E-state index is 0.460. The smallest absolute Gasteiger partial charge is 0.114 e. The predicted molar refractivity (Wildman–Crippen MR) is 194 cm³/mol. The Balaban J connectivity index is 1.91. The molecule has 0 radical (unpaired) electrons. The third kappa shape index (κ3) is 10.7. The van der Waals surface area contributed by atoms with Gasteiger partial charge in [-0.3, -0.25) is 0 Å².